The fourth-order valence-electron chi connectivity index (χ4n) is 0.901. The molecule has 72 valence electrons. The molecule has 1 aromatic rings. The average Bonchev–Trinajstić information content (AvgIpc) is 2.31. The van der Waals surface area contributed by atoms with Crippen LogP contribution in [-0.4, -0.2) is 28.0 Å². The van der Waals surface area contributed by atoms with Crippen molar-refractivity contribution in [3.63, 3.8) is 0 Å². The standard InChI is InChI=1S/C7H9ClN2O3/c1-13-4-5-2-6(8)10(9-5)3-7(11)12/h2H,3-4H2,1H3,(H,11,12). The van der Waals surface area contributed by atoms with Gasteiger partial charge in [0.1, 0.15) is 11.7 Å². The number of rotatable bonds is 4. The summed E-state index contributed by atoms with van der Waals surface area (Å²) in [4.78, 5) is 10.3. The first-order valence-corrected chi connectivity index (χ1v) is 3.94. The van der Waals surface area contributed by atoms with E-state index in [1.54, 1.807) is 6.07 Å². The van der Waals surface area contributed by atoms with Crippen LogP contribution in [0, 0.1) is 0 Å². The summed E-state index contributed by atoms with van der Waals surface area (Å²) in [5, 5.41) is 12.7. The van der Waals surface area contributed by atoms with Gasteiger partial charge in [-0.2, -0.15) is 5.10 Å². The minimum Gasteiger partial charge on any atom is -0.480 e. The molecule has 0 saturated heterocycles. The van der Waals surface area contributed by atoms with Crippen LogP contribution in [0.15, 0.2) is 6.07 Å². The van der Waals surface area contributed by atoms with Crippen molar-refractivity contribution in [2.24, 2.45) is 0 Å². The van der Waals surface area contributed by atoms with Crippen molar-refractivity contribution in [1.82, 2.24) is 9.78 Å². The third-order valence-corrected chi connectivity index (χ3v) is 1.66. The van der Waals surface area contributed by atoms with Gasteiger partial charge >= 0.3 is 5.97 Å². The van der Waals surface area contributed by atoms with Gasteiger partial charge in [0, 0.05) is 13.2 Å². The summed E-state index contributed by atoms with van der Waals surface area (Å²) >= 11 is 5.71. The highest BCUT2D eigenvalue weighted by atomic mass is 35.5. The molecule has 0 fully saturated rings. The van der Waals surface area contributed by atoms with Crippen LogP contribution in [0.2, 0.25) is 5.15 Å². The molecule has 5 nitrogen and oxygen atoms in total. The van der Waals surface area contributed by atoms with E-state index in [0.29, 0.717) is 17.5 Å². The van der Waals surface area contributed by atoms with Crippen LogP contribution in [0.5, 0.6) is 0 Å². The van der Waals surface area contributed by atoms with Crippen LogP contribution >= 0.6 is 11.6 Å². The van der Waals surface area contributed by atoms with E-state index < -0.39 is 5.97 Å². The summed E-state index contributed by atoms with van der Waals surface area (Å²) < 4.78 is 6.03. The Morgan fingerprint density at radius 1 is 1.85 bits per heavy atom. The lowest BCUT2D eigenvalue weighted by Gasteiger charge is -1.96. The number of carboxylic acids is 1. The zero-order valence-electron chi connectivity index (χ0n) is 7.03. The first-order valence-electron chi connectivity index (χ1n) is 3.56. The van der Waals surface area contributed by atoms with Crippen molar-refractivity contribution in [3.8, 4) is 0 Å². The van der Waals surface area contributed by atoms with E-state index in [-0.39, 0.29) is 6.54 Å². The van der Waals surface area contributed by atoms with E-state index in [9.17, 15) is 4.79 Å². The summed E-state index contributed by atoms with van der Waals surface area (Å²) in [5.41, 5.74) is 0.619. The van der Waals surface area contributed by atoms with E-state index in [2.05, 4.69) is 5.10 Å². The topological polar surface area (TPSA) is 64.3 Å². The molecule has 0 aliphatic carbocycles. The second kappa shape index (κ2) is 4.25. The van der Waals surface area contributed by atoms with Crippen molar-refractivity contribution < 1.29 is 14.6 Å². The van der Waals surface area contributed by atoms with Gasteiger partial charge in [-0.3, -0.25) is 4.79 Å². The zero-order chi connectivity index (χ0) is 9.84. The number of ether oxygens (including phenoxy) is 1. The summed E-state index contributed by atoms with van der Waals surface area (Å²) in [6.07, 6.45) is 0. The molecule has 1 rings (SSSR count). The Labute approximate surface area is 79.9 Å². The van der Waals surface area contributed by atoms with E-state index in [1.807, 2.05) is 0 Å². The molecule has 13 heavy (non-hydrogen) atoms. The summed E-state index contributed by atoms with van der Waals surface area (Å²) in [7, 11) is 1.53. The SMILES string of the molecule is COCc1cc(Cl)n(CC(=O)O)n1. The monoisotopic (exact) mass is 204 g/mol. The number of halogens is 1. The average molecular weight is 205 g/mol. The van der Waals surface area contributed by atoms with E-state index in [1.165, 1.54) is 11.8 Å². The highest BCUT2D eigenvalue weighted by Crippen LogP contribution is 2.11. The van der Waals surface area contributed by atoms with Crippen molar-refractivity contribution in [3.05, 3.63) is 16.9 Å². The van der Waals surface area contributed by atoms with Crippen LogP contribution in [0.4, 0.5) is 0 Å². The Morgan fingerprint density at radius 2 is 2.54 bits per heavy atom. The third-order valence-electron chi connectivity index (χ3n) is 1.36. The molecule has 0 aliphatic heterocycles. The minimum absolute atomic E-state index is 0.234. The van der Waals surface area contributed by atoms with Crippen LogP contribution < -0.4 is 0 Å². The molecule has 0 saturated carbocycles. The summed E-state index contributed by atoms with van der Waals surface area (Å²) in [6.45, 7) is 0.0921. The quantitative estimate of drug-likeness (QED) is 0.787. The van der Waals surface area contributed by atoms with Crippen molar-refractivity contribution in [2.75, 3.05) is 7.11 Å². The molecule has 0 radical (unpaired) electrons. The molecule has 0 aliphatic rings. The molecule has 6 heteroatoms. The molecule has 0 unspecified atom stereocenters. The van der Waals surface area contributed by atoms with Crippen LogP contribution in [-0.2, 0) is 22.7 Å². The molecule has 0 amide bonds. The first kappa shape index (κ1) is 10.0. The van der Waals surface area contributed by atoms with Gasteiger partial charge in [-0.05, 0) is 0 Å². The number of aliphatic carboxylic acids is 1. The second-order valence-corrected chi connectivity index (χ2v) is 2.83. The normalized spacial score (nSPS) is 10.3. The fourth-order valence-corrected chi connectivity index (χ4v) is 1.12. The Hall–Kier alpha value is -1.07. The minimum atomic E-state index is -0.978. The molecular weight excluding hydrogens is 196 g/mol. The number of nitrogens with zero attached hydrogens (tertiary/aromatic N) is 2. The molecular formula is C7H9ClN2O3. The Morgan fingerprint density at radius 3 is 3.08 bits per heavy atom. The van der Waals surface area contributed by atoms with E-state index >= 15 is 0 Å². The van der Waals surface area contributed by atoms with Gasteiger partial charge in [-0.1, -0.05) is 11.6 Å². The van der Waals surface area contributed by atoms with Gasteiger partial charge in [0.15, 0.2) is 0 Å². The molecule has 0 aromatic carbocycles. The molecule has 1 aromatic heterocycles. The molecule has 0 atom stereocenters. The number of carbonyl (C=O) groups is 1. The van der Waals surface area contributed by atoms with Crippen LogP contribution in [0.25, 0.3) is 0 Å². The lowest BCUT2D eigenvalue weighted by molar-refractivity contribution is -0.137. The van der Waals surface area contributed by atoms with Gasteiger partial charge in [0.25, 0.3) is 0 Å². The lowest BCUT2D eigenvalue weighted by Crippen LogP contribution is -2.10. The second-order valence-electron chi connectivity index (χ2n) is 2.44. The Kier molecular flexibility index (Phi) is 3.27. The fraction of sp³-hybridized carbons (Fsp3) is 0.429. The Bertz CT molecular complexity index is 311. The van der Waals surface area contributed by atoms with Gasteiger partial charge in [-0.15, -0.1) is 0 Å². The first-order chi connectivity index (χ1) is 6.13. The maximum atomic E-state index is 10.3. The smallest absolute Gasteiger partial charge is 0.325 e. The molecule has 0 bridgehead atoms. The molecule has 0 spiro atoms. The van der Waals surface area contributed by atoms with Crippen molar-refractivity contribution >= 4 is 17.6 Å². The maximum Gasteiger partial charge on any atom is 0.325 e. The van der Waals surface area contributed by atoms with Crippen LogP contribution in [0.1, 0.15) is 5.69 Å². The highest BCUT2D eigenvalue weighted by molar-refractivity contribution is 6.29. The zero-order valence-corrected chi connectivity index (χ0v) is 7.78. The summed E-state index contributed by atoms with van der Waals surface area (Å²) in [6, 6.07) is 1.58. The van der Waals surface area contributed by atoms with Crippen molar-refractivity contribution in [1.29, 1.82) is 0 Å². The number of hydrogen-bond donors (Lipinski definition) is 1. The molecule has 1 heterocycles. The van der Waals surface area contributed by atoms with Gasteiger partial charge < -0.3 is 9.84 Å². The predicted molar refractivity (Wildman–Crippen MR) is 45.6 cm³/mol. The lowest BCUT2D eigenvalue weighted by atomic mass is 10.5. The summed E-state index contributed by atoms with van der Waals surface area (Å²) in [5.74, 6) is -0.978. The van der Waals surface area contributed by atoms with Gasteiger partial charge in [0.05, 0.1) is 12.3 Å². The maximum absolute atomic E-state index is 10.3. The van der Waals surface area contributed by atoms with Crippen LogP contribution in [0.3, 0.4) is 0 Å². The van der Waals surface area contributed by atoms with Gasteiger partial charge in [-0.25, -0.2) is 4.68 Å². The number of hydrogen-bond acceptors (Lipinski definition) is 3. The predicted octanol–water partition coefficient (Wildman–Crippen LogP) is 0.767. The Balaban J connectivity index is 2.77. The number of aromatic nitrogens is 2. The third kappa shape index (κ3) is 2.71. The van der Waals surface area contributed by atoms with E-state index in [0.717, 1.165) is 0 Å². The van der Waals surface area contributed by atoms with Gasteiger partial charge in [0.2, 0.25) is 0 Å². The number of carboxylic acid groups (broad SMARTS) is 1. The molecule has 1 N–H and O–H groups in total. The number of methoxy groups -OCH3 is 1. The van der Waals surface area contributed by atoms with Crippen molar-refractivity contribution in [2.45, 2.75) is 13.2 Å². The highest BCUT2D eigenvalue weighted by Gasteiger charge is 2.07. The largest absolute Gasteiger partial charge is 0.480 e. The van der Waals surface area contributed by atoms with E-state index in [4.69, 9.17) is 21.4 Å².